The Hall–Kier alpha value is -2.47. The minimum atomic E-state index is -4.07. The van der Waals surface area contributed by atoms with Gasteiger partial charge in [-0.3, -0.25) is 10.0 Å². The number of hydrogen-bond acceptors (Lipinski definition) is 7. The van der Waals surface area contributed by atoms with Crippen molar-refractivity contribution in [3.63, 3.8) is 0 Å². The van der Waals surface area contributed by atoms with Crippen molar-refractivity contribution in [2.75, 3.05) is 12.8 Å². The van der Waals surface area contributed by atoms with Crippen LogP contribution in [0, 0.1) is 11.8 Å². The fraction of sp³-hybridized carbons (Fsp3) is 0.409. The van der Waals surface area contributed by atoms with Crippen molar-refractivity contribution in [3.05, 3.63) is 48.5 Å². The van der Waals surface area contributed by atoms with Gasteiger partial charge in [-0.15, -0.1) is 0 Å². The van der Waals surface area contributed by atoms with Crippen LogP contribution in [0.2, 0.25) is 0 Å². The van der Waals surface area contributed by atoms with Gasteiger partial charge < -0.3 is 4.74 Å². The van der Waals surface area contributed by atoms with Crippen LogP contribution in [0.5, 0.6) is 11.5 Å². The van der Waals surface area contributed by atoms with Gasteiger partial charge in [0.15, 0.2) is 9.84 Å². The molecule has 11 heteroatoms. The summed E-state index contributed by atoms with van der Waals surface area (Å²) in [7, 11) is -7.39. The van der Waals surface area contributed by atoms with E-state index in [0.717, 1.165) is 10.6 Å². The van der Waals surface area contributed by atoms with Crippen molar-refractivity contribution >= 4 is 25.8 Å². The van der Waals surface area contributed by atoms with Crippen LogP contribution in [-0.2, 0) is 24.7 Å². The van der Waals surface area contributed by atoms with Crippen LogP contribution in [0.4, 0.5) is 0 Å². The van der Waals surface area contributed by atoms with E-state index in [1.165, 1.54) is 48.5 Å². The molecular weight excluding hydrogens is 468 g/mol. The molecule has 33 heavy (non-hydrogen) atoms. The third kappa shape index (κ3) is 6.76. The van der Waals surface area contributed by atoms with Crippen LogP contribution in [0.25, 0.3) is 0 Å². The fourth-order valence-corrected chi connectivity index (χ4v) is 5.77. The number of hydroxylamine groups is 1. The molecule has 0 spiro atoms. The van der Waals surface area contributed by atoms with E-state index in [2.05, 4.69) is 0 Å². The minimum Gasteiger partial charge on any atom is -0.457 e. The number of ether oxygens (including phenoxy) is 1. The molecule has 1 amide bonds. The van der Waals surface area contributed by atoms with Gasteiger partial charge in [0, 0.05) is 12.8 Å². The molecule has 0 heterocycles. The SMILES string of the molecule is CC(C)CN([C@H](C(=O)NO)C(C)C)S(=O)(=O)c1ccc(Oc2ccc(S(C)(=O)=O)cc2)cc1. The van der Waals surface area contributed by atoms with E-state index in [0.29, 0.717) is 11.5 Å². The van der Waals surface area contributed by atoms with Gasteiger partial charge in [-0.2, -0.15) is 4.31 Å². The summed E-state index contributed by atoms with van der Waals surface area (Å²) in [4.78, 5) is 12.4. The molecule has 0 aliphatic carbocycles. The molecule has 0 radical (unpaired) electrons. The molecular formula is C22H30N2O7S2. The minimum absolute atomic E-state index is 0.0284. The number of nitrogens with one attached hydrogen (secondary N) is 1. The van der Waals surface area contributed by atoms with E-state index in [1.54, 1.807) is 19.3 Å². The fourth-order valence-electron chi connectivity index (χ4n) is 3.26. The van der Waals surface area contributed by atoms with Crippen LogP contribution in [0.15, 0.2) is 58.3 Å². The highest BCUT2D eigenvalue weighted by molar-refractivity contribution is 7.90. The van der Waals surface area contributed by atoms with Gasteiger partial charge >= 0.3 is 0 Å². The van der Waals surface area contributed by atoms with E-state index in [4.69, 9.17) is 9.94 Å². The number of sulfonamides is 1. The zero-order chi connectivity index (χ0) is 25.0. The Morgan fingerprint density at radius 2 is 1.36 bits per heavy atom. The summed E-state index contributed by atoms with van der Waals surface area (Å²) in [5.74, 6) is -0.510. The van der Waals surface area contributed by atoms with E-state index < -0.39 is 31.8 Å². The molecule has 0 aliphatic rings. The summed E-state index contributed by atoms with van der Waals surface area (Å²) in [6.07, 6.45) is 1.11. The predicted molar refractivity (Wildman–Crippen MR) is 123 cm³/mol. The zero-order valence-corrected chi connectivity index (χ0v) is 20.9. The first-order chi connectivity index (χ1) is 15.3. The Kier molecular flexibility index (Phi) is 8.63. The van der Waals surface area contributed by atoms with Crippen molar-refractivity contribution in [2.45, 2.75) is 43.5 Å². The molecule has 0 bridgehead atoms. The second-order valence-corrected chi connectivity index (χ2v) is 12.4. The molecule has 0 aliphatic heterocycles. The maximum absolute atomic E-state index is 13.4. The van der Waals surface area contributed by atoms with Gasteiger partial charge in [0.05, 0.1) is 9.79 Å². The Bertz CT molecular complexity index is 1160. The second-order valence-electron chi connectivity index (χ2n) is 8.45. The molecule has 0 unspecified atom stereocenters. The summed E-state index contributed by atoms with van der Waals surface area (Å²) < 4.78 is 56.7. The van der Waals surface area contributed by atoms with Gasteiger partial charge in [-0.25, -0.2) is 22.3 Å². The molecule has 0 saturated carbocycles. The molecule has 0 fully saturated rings. The number of carbonyl (C=O) groups excluding carboxylic acids is 1. The summed E-state index contributed by atoms with van der Waals surface area (Å²) >= 11 is 0. The number of carbonyl (C=O) groups is 1. The summed E-state index contributed by atoms with van der Waals surface area (Å²) in [6.45, 7) is 7.17. The Morgan fingerprint density at radius 1 is 0.909 bits per heavy atom. The van der Waals surface area contributed by atoms with Gasteiger partial charge in [0.2, 0.25) is 10.0 Å². The Morgan fingerprint density at radius 3 is 1.73 bits per heavy atom. The summed E-state index contributed by atoms with van der Waals surface area (Å²) in [6, 6.07) is 10.5. The third-order valence-electron chi connectivity index (χ3n) is 4.78. The van der Waals surface area contributed by atoms with Crippen LogP contribution >= 0.6 is 0 Å². The molecule has 182 valence electrons. The zero-order valence-electron chi connectivity index (χ0n) is 19.2. The van der Waals surface area contributed by atoms with E-state index >= 15 is 0 Å². The topological polar surface area (TPSA) is 130 Å². The lowest BCUT2D eigenvalue weighted by Gasteiger charge is -2.33. The molecule has 1 atom stereocenters. The average molecular weight is 499 g/mol. The molecule has 0 aromatic heterocycles. The maximum Gasteiger partial charge on any atom is 0.262 e. The summed E-state index contributed by atoms with van der Waals surface area (Å²) in [5.41, 5.74) is 1.57. The largest absolute Gasteiger partial charge is 0.457 e. The van der Waals surface area contributed by atoms with Crippen LogP contribution < -0.4 is 10.2 Å². The Balaban J connectivity index is 2.33. The quantitative estimate of drug-likeness (QED) is 0.380. The molecule has 2 aromatic carbocycles. The molecule has 9 nitrogen and oxygen atoms in total. The lowest BCUT2D eigenvalue weighted by Crippen LogP contribution is -2.52. The van der Waals surface area contributed by atoms with Crippen molar-refractivity contribution in [3.8, 4) is 11.5 Å². The van der Waals surface area contributed by atoms with E-state index in [9.17, 15) is 21.6 Å². The third-order valence-corrected chi connectivity index (χ3v) is 7.77. The maximum atomic E-state index is 13.4. The number of nitrogens with zero attached hydrogens (tertiary/aromatic N) is 1. The van der Waals surface area contributed by atoms with Gasteiger partial charge in [0.25, 0.3) is 5.91 Å². The van der Waals surface area contributed by atoms with E-state index in [1.807, 2.05) is 13.8 Å². The number of rotatable bonds is 10. The normalized spacial score (nSPS) is 13.4. The number of amides is 1. The van der Waals surface area contributed by atoms with Crippen molar-refractivity contribution in [2.24, 2.45) is 11.8 Å². The highest BCUT2D eigenvalue weighted by Crippen LogP contribution is 2.28. The first-order valence-electron chi connectivity index (χ1n) is 10.3. The smallest absolute Gasteiger partial charge is 0.262 e. The first kappa shape index (κ1) is 26.8. The number of hydrogen-bond donors (Lipinski definition) is 2. The van der Waals surface area contributed by atoms with Crippen molar-refractivity contribution in [1.29, 1.82) is 0 Å². The van der Waals surface area contributed by atoms with Gasteiger partial charge in [-0.05, 0) is 60.4 Å². The van der Waals surface area contributed by atoms with E-state index in [-0.39, 0.29) is 28.2 Å². The van der Waals surface area contributed by atoms with Crippen LogP contribution in [0.1, 0.15) is 27.7 Å². The first-order valence-corrected chi connectivity index (χ1v) is 13.6. The lowest BCUT2D eigenvalue weighted by molar-refractivity contribution is -0.134. The molecule has 2 aromatic rings. The lowest BCUT2D eigenvalue weighted by atomic mass is 10.0. The predicted octanol–water partition coefficient (Wildman–Crippen LogP) is 3.06. The monoisotopic (exact) mass is 498 g/mol. The van der Waals surface area contributed by atoms with Crippen molar-refractivity contribution < 1.29 is 31.6 Å². The highest BCUT2D eigenvalue weighted by atomic mass is 32.2. The number of sulfone groups is 1. The van der Waals surface area contributed by atoms with Crippen LogP contribution in [0.3, 0.4) is 0 Å². The second kappa shape index (κ2) is 10.6. The van der Waals surface area contributed by atoms with Gasteiger partial charge in [-0.1, -0.05) is 27.7 Å². The molecule has 0 saturated heterocycles. The molecule has 2 rings (SSSR count). The standard InChI is InChI=1S/C22H30N2O7S2/c1-15(2)14-24(21(16(3)4)22(25)23-26)33(29,30)20-12-8-18(9-13-20)31-17-6-10-19(11-7-17)32(5,27)28/h6-13,15-16,21,26H,14H2,1-5H3,(H,23,25)/t21-/m0/s1. The van der Waals surface area contributed by atoms with Crippen molar-refractivity contribution in [1.82, 2.24) is 9.79 Å². The van der Waals surface area contributed by atoms with Gasteiger partial charge in [0.1, 0.15) is 17.5 Å². The number of benzene rings is 2. The molecule has 2 N–H and O–H groups in total. The highest BCUT2D eigenvalue weighted by Gasteiger charge is 2.38. The Labute approximate surface area is 195 Å². The van der Waals surface area contributed by atoms with Crippen LogP contribution in [-0.4, -0.2) is 51.1 Å². The average Bonchev–Trinajstić information content (AvgIpc) is 2.72. The summed E-state index contributed by atoms with van der Waals surface area (Å²) in [5, 5.41) is 9.14.